The second kappa shape index (κ2) is 14.0. The minimum Gasteiger partial charge on any atom is -0.355 e. The monoisotopic (exact) mass is 244 g/mol. The van der Waals surface area contributed by atoms with E-state index >= 15 is 0 Å². The van der Waals surface area contributed by atoms with Gasteiger partial charge in [-0.25, -0.2) is 0 Å². The molecule has 0 aliphatic heterocycles. The highest BCUT2D eigenvalue weighted by Crippen LogP contribution is 2.11. The third kappa shape index (κ3) is 13.9. The molecule has 0 aliphatic carbocycles. The van der Waals surface area contributed by atoms with Gasteiger partial charge >= 0.3 is 0 Å². The van der Waals surface area contributed by atoms with Crippen LogP contribution in [-0.2, 0) is 9.47 Å². The van der Waals surface area contributed by atoms with Crippen LogP contribution in [0.3, 0.4) is 0 Å². The summed E-state index contributed by atoms with van der Waals surface area (Å²) < 4.78 is 10.9. The van der Waals surface area contributed by atoms with E-state index in [-0.39, 0.29) is 0 Å². The Morgan fingerprint density at radius 3 is 2.12 bits per heavy atom. The molecule has 0 aromatic rings. The molecule has 0 aliphatic rings. The van der Waals surface area contributed by atoms with E-state index < -0.39 is 0 Å². The van der Waals surface area contributed by atoms with E-state index in [1.807, 2.05) is 0 Å². The zero-order valence-corrected chi connectivity index (χ0v) is 12.2. The molecule has 0 saturated carbocycles. The largest absolute Gasteiger partial charge is 0.355 e. The van der Waals surface area contributed by atoms with Crippen molar-refractivity contribution in [3.8, 4) is 0 Å². The summed E-state index contributed by atoms with van der Waals surface area (Å²) in [7, 11) is 0. The molecule has 2 heteroatoms. The number of hydrogen-bond donors (Lipinski definition) is 0. The Morgan fingerprint density at radius 1 is 0.765 bits per heavy atom. The molecule has 0 heterocycles. The lowest BCUT2D eigenvalue weighted by atomic mass is 10.0. The van der Waals surface area contributed by atoms with Gasteiger partial charge in [-0.3, -0.25) is 0 Å². The Labute approximate surface area is 108 Å². The lowest BCUT2D eigenvalue weighted by Crippen LogP contribution is -2.04. The SMILES string of the molecule is CCCCCCOCOCCCC(C)CCC. The van der Waals surface area contributed by atoms with Crippen LogP contribution in [0.2, 0.25) is 0 Å². The molecular formula is C15H32O2. The number of rotatable bonds is 13. The number of unbranched alkanes of at least 4 members (excludes halogenated alkanes) is 3. The summed E-state index contributed by atoms with van der Waals surface area (Å²) in [4.78, 5) is 0. The normalized spacial score (nSPS) is 12.9. The fourth-order valence-corrected chi connectivity index (χ4v) is 1.98. The van der Waals surface area contributed by atoms with Crippen LogP contribution in [0.5, 0.6) is 0 Å². The summed E-state index contributed by atoms with van der Waals surface area (Å²) >= 11 is 0. The zero-order valence-electron chi connectivity index (χ0n) is 12.2. The second-order valence-electron chi connectivity index (χ2n) is 5.03. The van der Waals surface area contributed by atoms with E-state index in [9.17, 15) is 0 Å². The Kier molecular flexibility index (Phi) is 13.9. The van der Waals surface area contributed by atoms with Crippen molar-refractivity contribution in [2.75, 3.05) is 20.0 Å². The van der Waals surface area contributed by atoms with Crippen LogP contribution in [-0.4, -0.2) is 20.0 Å². The van der Waals surface area contributed by atoms with Gasteiger partial charge in [-0.1, -0.05) is 52.9 Å². The quantitative estimate of drug-likeness (QED) is 0.343. The van der Waals surface area contributed by atoms with E-state index in [1.54, 1.807) is 0 Å². The molecule has 2 nitrogen and oxygen atoms in total. The van der Waals surface area contributed by atoms with Crippen LogP contribution in [0.15, 0.2) is 0 Å². The van der Waals surface area contributed by atoms with Crippen LogP contribution >= 0.6 is 0 Å². The Morgan fingerprint density at radius 2 is 1.47 bits per heavy atom. The van der Waals surface area contributed by atoms with Crippen molar-refractivity contribution in [3.63, 3.8) is 0 Å². The molecule has 0 spiro atoms. The van der Waals surface area contributed by atoms with Gasteiger partial charge in [0.2, 0.25) is 0 Å². The first kappa shape index (κ1) is 16.9. The third-order valence-electron chi connectivity index (χ3n) is 3.08. The molecular weight excluding hydrogens is 212 g/mol. The lowest BCUT2D eigenvalue weighted by Gasteiger charge is -2.10. The van der Waals surface area contributed by atoms with Gasteiger partial charge in [0.05, 0.1) is 0 Å². The van der Waals surface area contributed by atoms with Crippen LogP contribution in [0, 0.1) is 5.92 Å². The van der Waals surface area contributed by atoms with Gasteiger partial charge in [-0.05, 0) is 25.2 Å². The van der Waals surface area contributed by atoms with E-state index in [1.165, 1.54) is 51.4 Å². The van der Waals surface area contributed by atoms with Crippen molar-refractivity contribution in [1.82, 2.24) is 0 Å². The highest BCUT2D eigenvalue weighted by atomic mass is 16.7. The first-order chi connectivity index (χ1) is 8.31. The minimum atomic E-state index is 0.480. The van der Waals surface area contributed by atoms with Gasteiger partial charge < -0.3 is 9.47 Å². The van der Waals surface area contributed by atoms with Gasteiger partial charge in [0.1, 0.15) is 6.79 Å². The minimum absolute atomic E-state index is 0.480. The summed E-state index contributed by atoms with van der Waals surface area (Å²) in [5.41, 5.74) is 0. The molecule has 0 rings (SSSR count). The zero-order chi connectivity index (χ0) is 12.8. The first-order valence-corrected chi connectivity index (χ1v) is 7.46. The highest BCUT2D eigenvalue weighted by molar-refractivity contribution is 4.51. The summed E-state index contributed by atoms with van der Waals surface area (Å²) in [6.45, 7) is 8.99. The van der Waals surface area contributed by atoms with Crippen LogP contribution in [0.4, 0.5) is 0 Å². The van der Waals surface area contributed by atoms with E-state index in [0.717, 1.165) is 19.1 Å². The topological polar surface area (TPSA) is 18.5 Å². The van der Waals surface area contributed by atoms with E-state index in [0.29, 0.717) is 6.79 Å². The second-order valence-corrected chi connectivity index (χ2v) is 5.03. The maximum Gasteiger partial charge on any atom is 0.146 e. The van der Waals surface area contributed by atoms with Gasteiger partial charge in [0.25, 0.3) is 0 Å². The predicted octanol–water partition coefficient (Wildman–Crippen LogP) is 4.77. The molecule has 0 saturated heterocycles. The van der Waals surface area contributed by atoms with Gasteiger partial charge in [0.15, 0.2) is 0 Å². The van der Waals surface area contributed by atoms with Crippen LogP contribution < -0.4 is 0 Å². The first-order valence-electron chi connectivity index (χ1n) is 7.46. The Hall–Kier alpha value is -0.0800. The van der Waals surface area contributed by atoms with Gasteiger partial charge in [-0.15, -0.1) is 0 Å². The van der Waals surface area contributed by atoms with Gasteiger partial charge in [0, 0.05) is 13.2 Å². The van der Waals surface area contributed by atoms with Crippen molar-refractivity contribution in [3.05, 3.63) is 0 Å². The molecule has 104 valence electrons. The molecule has 0 radical (unpaired) electrons. The smallest absolute Gasteiger partial charge is 0.146 e. The average molecular weight is 244 g/mol. The Bertz CT molecular complexity index is 137. The van der Waals surface area contributed by atoms with Crippen molar-refractivity contribution in [2.45, 2.75) is 72.1 Å². The summed E-state index contributed by atoms with van der Waals surface area (Å²) in [6, 6.07) is 0. The average Bonchev–Trinajstić information content (AvgIpc) is 2.32. The van der Waals surface area contributed by atoms with Crippen LogP contribution in [0.25, 0.3) is 0 Å². The summed E-state index contributed by atoms with van der Waals surface area (Å²) in [5, 5.41) is 0. The summed E-state index contributed by atoms with van der Waals surface area (Å²) in [5.74, 6) is 0.846. The van der Waals surface area contributed by atoms with Crippen molar-refractivity contribution < 1.29 is 9.47 Å². The maximum absolute atomic E-state index is 5.45. The number of hydrogen-bond acceptors (Lipinski definition) is 2. The molecule has 1 unspecified atom stereocenters. The molecule has 0 aromatic carbocycles. The third-order valence-corrected chi connectivity index (χ3v) is 3.08. The molecule has 0 aromatic heterocycles. The maximum atomic E-state index is 5.45. The molecule has 0 amide bonds. The van der Waals surface area contributed by atoms with E-state index in [2.05, 4.69) is 20.8 Å². The molecule has 0 N–H and O–H groups in total. The van der Waals surface area contributed by atoms with Gasteiger partial charge in [-0.2, -0.15) is 0 Å². The Balaban J connectivity index is 2.98. The van der Waals surface area contributed by atoms with Crippen molar-refractivity contribution >= 4 is 0 Å². The van der Waals surface area contributed by atoms with Crippen molar-refractivity contribution in [1.29, 1.82) is 0 Å². The molecule has 0 fully saturated rings. The van der Waals surface area contributed by atoms with Crippen molar-refractivity contribution in [2.24, 2.45) is 5.92 Å². The fraction of sp³-hybridized carbons (Fsp3) is 1.00. The standard InChI is InChI=1S/C15H32O2/c1-4-6-7-8-12-16-14-17-13-9-11-15(3)10-5-2/h15H,4-14H2,1-3H3. The summed E-state index contributed by atoms with van der Waals surface area (Å²) in [6.07, 6.45) is 10.1. The fourth-order valence-electron chi connectivity index (χ4n) is 1.98. The molecule has 1 atom stereocenters. The highest BCUT2D eigenvalue weighted by Gasteiger charge is 1.99. The molecule has 0 bridgehead atoms. The van der Waals surface area contributed by atoms with Crippen LogP contribution in [0.1, 0.15) is 72.1 Å². The number of ether oxygens (including phenoxy) is 2. The van der Waals surface area contributed by atoms with E-state index in [4.69, 9.17) is 9.47 Å². The molecule has 17 heavy (non-hydrogen) atoms. The predicted molar refractivity (Wildman–Crippen MR) is 74.2 cm³/mol. The lowest BCUT2D eigenvalue weighted by molar-refractivity contribution is -0.0560.